The number of carbonyl (C=O) groups is 2. The Balaban J connectivity index is 1.41. The number of para-hydroxylation sites is 1. The van der Waals surface area contributed by atoms with E-state index in [0.717, 1.165) is 5.69 Å². The number of aromatic nitrogens is 2. The number of fused-ring (bicyclic) bond motifs is 3. The average Bonchev–Trinajstić information content (AvgIpc) is 3.20. The van der Waals surface area contributed by atoms with Gasteiger partial charge >= 0.3 is 6.61 Å². The zero-order valence-corrected chi connectivity index (χ0v) is 20.8. The topological polar surface area (TPSA) is 67.7 Å². The molecule has 3 heterocycles. The second-order valence-corrected chi connectivity index (χ2v) is 9.64. The summed E-state index contributed by atoms with van der Waals surface area (Å²) in [7, 11) is 0. The van der Waals surface area contributed by atoms with Crippen LogP contribution >= 0.6 is 23.2 Å². The van der Waals surface area contributed by atoms with Crippen LogP contribution in [0.3, 0.4) is 0 Å². The van der Waals surface area contributed by atoms with Crippen molar-refractivity contribution in [1.82, 2.24) is 19.6 Å². The number of ether oxygens (including phenoxy) is 1. The van der Waals surface area contributed by atoms with Crippen molar-refractivity contribution < 1.29 is 23.1 Å². The van der Waals surface area contributed by atoms with E-state index < -0.39 is 6.61 Å². The number of rotatable bonds is 5. The molecule has 1 atom stereocenters. The van der Waals surface area contributed by atoms with E-state index in [9.17, 15) is 18.4 Å². The van der Waals surface area contributed by atoms with Gasteiger partial charge in [0.1, 0.15) is 11.4 Å². The zero-order chi connectivity index (χ0) is 25.6. The van der Waals surface area contributed by atoms with Crippen molar-refractivity contribution in [2.24, 2.45) is 0 Å². The van der Waals surface area contributed by atoms with Crippen molar-refractivity contribution in [2.75, 3.05) is 6.54 Å². The smallest absolute Gasteiger partial charge is 0.387 e. The Labute approximate surface area is 216 Å². The summed E-state index contributed by atoms with van der Waals surface area (Å²) in [5.41, 5.74) is 2.80. The predicted molar refractivity (Wildman–Crippen MR) is 130 cm³/mol. The lowest BCUT2D eigenvalue weighted by Gasteiger charge is -2.34. The lowest BCUT2D eigenvalue weighted by Crippen LogP contribution is -2.44. The molecule has 1 aromatic heterocycles. The first-order valence-electron chi connectivity index (χ1n) is 11.4. The Bertz CT molecular complexity index is 1350. The summed E-state index contributed by atoms with van der Waals surface area (Å²) >= 11 is 12.1. The molecule has 36 heavy (non-hydrogen) atoms. The molecule has 11 heteroatoms. The number of nitrogens with zero attached hydrogens (tertiary/aromatic N) is 4. The van der Waals surface area contributed by atoms with Crippen LogP contribution in [0.25, 0.3) is 0 Å². The highest BCUT2D eigenvalue weighted by Gasteiger charge is 2.37. The maximum atomic E-state index is 13.5. The Morgan fingerprint density at radius 3 is 2.69 bits per heavy atom. The van der Waals surface area contributed by atoms with Gasteiger partial charge in [-0.15, -0.1) is 0 Å². The van der Waals surface area contributed by atoms with Crippen LogP contribution in [-0.4, -0.2) is 50.6 Å². The van der Waals surface area contributed by atoms with Crippen LogP contribution in [0.4, 0.5) is 8.78 Å². The third-order valence-electron chi connectivity index (χ3n) is 6.53. The van der Waals surface area contributed by atoms with Crippen LogP contribution in [0.5, 0.6) is 5.75 Å². The quantitative estimate of drug-likeness (QED) is 0.460. The van der Waals surface area contributed by atoms with Gasteiger partial charge in [-0.1, -0.05) is 41.4 Å². The summed E-state index contributed by atoms with van der Waals surface area (Å²) < 4.78 is 32.0. The van der Waals surface area contributed by atoms with Crippen molar-refractivity contribution >= 4 is 35.0 Å². The van der Waals surface area contributed by atoms with Crippen molar-refractivity contribution in [2.45, 2.75) is 45.6 Å². The average molecular weight is 535 g/mol. The summed E-state index contributed by atoms with van der Waals surface area (Å²) in [6, 6.07) is 11.0. The van der Waals surface area contributed by atoms with Crippen LogP contribution < -0.4 is 4.74 Å². The summed E-state index contributed by atoms with van der Waals surface area (Å²) in [5, 5.41) is 5.30. The van der Waals surface area contributed by atoms with Gasteiger partial charge in [0.2, 0.25) is 0 Å². The predicted octanol–water partition coefficient (Wildman–Crippen LogP) is 5.03. The van der Waals surface area contributed by atoms with Gasteiger partial charge in [-0.2, -0.15) is 13.9 Å². The second-order valence-electron chi connectivity index (χ2n) is 8.83. The van der Waals surface area contributed by atoms with Crippen molar-refractivity contribution in [3.05, 3.63) is 80.6 Å². The van der Waals surface area contributed by atoms with Gasteiger partial charge in [-0.3, -0.25) is 14.3 Å². The van der Waals surface area contributed by atoms with E-state index in [0.29, 0.717) is 46.9 Å². The van der Waals surface area contributed by atoms with Gasteiger partial charge in [-0.25, -0.2) is 0 Å². The SMILES string of the molecule is C[C@@H]1Cc2nn3c(c2CN1C(=O)c1ccc(Cl)c(Cl)c1)C(=O)N(Cc1ccccc1OC(F)F)CC3. The second kappa shape index (κ2) is 9.71. The molecule has 5 rings (SSSR count). The molecule has 188 valence electrons. The minimum Gasteiger partial charge on any atom is -0.434 e. The number of carbonyl (C=O) groups excluding carboxylic acids is 2. The minimum atomic E-state index is -2.96. The molecule has 7 nitrogen and oxygen atoms in total. The molecule has 0 spiro atoms. The lowest BCUT2D eigenvalue weighted by molar-refractivity contribution is -0.0507. The molecule has 2 aliphatic rings. The molecule has 0 saturated carbocycles. The molecule has 0 radical (unpaired) electrons. The summed E-state index contributed by atoms with van der Waals surface area (Å²) in [6.07, 6.45) is 0.501. The minimum absolute atomic E-state index is 0.0358. The Morgan fingerprint density at radius 2 is 1.94 bits per heavy atom. The maximum absolute atomic E-state index is 13.5. The lowest BCUT2D eigenvalue weighted by atomic mass is 9.97. The Hall–Kier alpha value is -3.17. The number of benzene rings is 2. The van der Waals surface area contributed by atoms with Gasteiger partial charge in [0.15, 0.2) is 0 Å². The summed E-state index contributed by atoms with van der Waals surface area (Å²) in [6.45, 7) is 0.139. The molecule has 0 fully saturated rings. The Kier molecular flexibility index (Phi) is 6.61. The number of alkyl halides is 2. The largest absolute Gasteiger partial charge is 0.434 e. The number of hydrogen-bond acceptors (Lipinski definition) is 4. The highest BCUT2D eigenvalue weighted by molar-refractivity contribution is 6.42. The maximum Gasteiger partial charge on any atom is 0.387 e. The van der Waals surface area contributed by atoms with Crippen LogP contribution in [0.15, 0.2) is 42.5 Å². The van der Waals surface area contributed by atoms with Crippen molar-refractivity contribution in [1.29, 1.82) is 0 Å². The molecular formula is C25H22Cl2F2N4O3. The van der Waals surface area contributed by atoms with Gasteiger partial charge < -0.3 is 14.5 Å². The Morgan fingerprint density at radius 1 is 1.17 bits per heavy atom. The molecule has 0 aliphatic carbocycles. The fraction of sp³-hybridized carbons (Fsp3) is 0.320. The molecule has 2 aromatic carbocycles. The molecule has 3 aromatic rings. The van der Waals surface area contributed by atoms with Crippen LogP contribution in [0.2, 0.25) is 10.0 Å². The first-order valence-corrected chi connectivity index (χ1v) is 12.1. The monoisotopic (exact) mass is 534 g/mol. The molecule has 0 saturated heterocycles. The number of amides is 2. The third kappa shape index (κ3) is 4.53. The van der Waals surface area contributed by atoms with Gasteiger partial charge in [0.05, 0.1) is 28.8 Å². The third-order valence-corrected chi connectivity index (χ3v) is 7.27. The fourth-order valence-electron chi connectivity index (χ4n) is 4.73. The fourth-order valence-corrected chi connectivity index (χ4v) is 5.03. The first-order chi connectivity index (χ1) is 17.2. The van der Waals surface area contributed by atoms with Crippen molar-refractivity contribution in [3.8, 4) is 5.75 Å². The van der Waals surface area contributed by atoms with Gasteiger partial charge in [0, 0.05) is 42.2 Å². The standard InChI is InChI=1S/C25H22Cl2F2N4O3/c1-14-10-20-17(13-32(14)23(34)15-6-7-18(26)19(27)11-15)22-24(35)31(8-9-33(22)30-20)12-16-4-2-3-5-21(16)36-25(28)29/h2-7,11,14,25H,8-10,12-13H2,1H3/t14-/m1/s1. The highest BCUT2D eigenvalue weighted by Crippen LogP contribution is 2.32. The van der Waals surface area contributed by atoms with E-state index in [-0.39, 0.29) is 41.7 Å². The van der Waals surface area contributed by atoms with E-state index >= 15 is 0 Å². The highest BCUT2D eigenvalue weighted by atomic mass is 35.5. The summed E-state index contributed by atoms with van der Waals surface area (Å²) in [5.74, 6) is -0.447. The van der Waals surface area contributed by atoms with E-state index in [4.69, 9.17) is 23.2 Å². The molecule has 0 N–H and O–H groups in total. The van der Waals surface area contributed by atoms with Crippen molar-refractivity contribution in [3.63, 3.8) is 0 Å². The van der Waals surface area contributed by atoms with E-state index in [1.54, 1.807) is 44.8 Å². The van der Waals surface area contributed by atoms with E-state index in [2.05, 4.69) is 9.84 Å². The molecular weight excluding hydrogens is 513 g/mol. The van der Waals surface area contributed by atoms with Crippen LogP contribution in [0, 0.1) is 0 Å². The van der Waals surface area contributed by atoms with E-state index in [1.165, 1.54) is 12.1 Å². The normalized spacial score (nSPS) is 17.3. The van der Waals surface area contributed by atoms with Crippen LogP contribution in [-0.2, 0) is 26.1 Å². The number of hydrogen-bond donors (Lipinski definition) is 0. The number of halogens is 4. The van der Waals surface area contributed by atoms with Crippen LogP contribution in [0.1, 0.15) is 44.6 Å². The molecule has 2 amide bonds. The summed E-state index contributed by atoms with van der Waals surface area (Å²) in [4.78, 5) is 30.1. The van der Waals surface area contributed by atoms with Gasteiger partial charge in [-0.05, 0) is 31.2 Å². The zero-order valence-electron chi connectivity index (χ0n) is 19.3. The van der Waals surface area contributed by atoms with Gasteiger partial charge in [0.25, 0.3) is 11.8 Å². The van der Waals surface area contributed by atoms with E-state index in [1.807, 2.05) is 6.92 Å². The molecule has 2 aliphatic heterocycles. The molecule has 0 bridgehead atoms. The molecule has 0 unspecified atom stereocenters. The first kappa shape index (κ1) is 24.5.